The number of ether oxygens (including phenoxy) is 3. The number of hydrogen-bond donors (Lipinski definition) is 0. The highest BCUT2D eigenvalue weighted by Crippen LogP contribution is 2.12. The molecule has 1 atom stereocenters. The first-order valence-electron chi connectivity index (χ1n) is 25.4. The topological polar surface area (TPSA) is 61.8 Å². The van der Waals surface area contributed by atoms with Gasteiger partial charge in [-0.25, -0.2) is 0 Å². The SMILES string of the molecule is CC/C=C\C/C=C\C/C=C\C/C=C\C/C=C\C/C=C\CCC(=O)OCC(COCCCCCCCCC/C=C\C/C=C\C/C=C\CCCCC)OC(=O)CCCCCCCCC. The van der Waals surface area contributed by atoms with Crippen molar-refractivity contribution >= 4 is 11.9 Å². The van der Waals surface area contributed by atoms with Crippen LogP contribution in [0.3, 0.4) is 0 Å². The molecule has 0 aromatic rings. The normalized spacial score (nSPS) is 13.1. The van der Waals surface area contributed by atoms with E-state index in [-0.39, 0.29) is 25.2 Å². The monoisotopic (exact) mass is 859 g/mol. The molecule has 0 fully saturated rings. The molecule has 0 spiro atoms. The van der Waals surface area contributed by atoms with Crippen LogP contribution in [-0.4, -0.2) is 37.9 Å². The maximum atomic E-state index is 12.7. The van der Waals surface area contributed by atoms with E-state index in [0.717, 1.165) is 83.5 Å². The Kier molecular flexibility index (Phi) is 49.0. The zero-order valence-electron chi connectivity index (χ0n) is 40.3. The summed E-state index contributed by atoms with van der Waals surface area (Å²) in [6.07, 6.45) is 71.2. The summed E-state index contributed by atoms with van der Waals surface area (Å²) in [6, 6.07) is 0. The summed E-state index contributed by atoms with van der Waals surface area (Å²) in [4.78, 5) is 25.2. The van der Waals surface area contributed by atoms with Gasteiger partial charge in [-0.05, 0) is 96.3 Å². The minimum atomic E-state index is -0.575. The van der Waals surface area contributed by atoms with Crippen LogP contribution < -0.4 is 0 Å². The van der Waals surface area contributed by atoms with Crippen LogP contribution in [0.1, 0.15) is 213 Å². The molecule has 0 aliphatic carbocycles. The third-order valence-electron chi connectivity index (χ3n) is 10.3. The summed E-state index contributed by atoms with van der Waals surface area (Å²) >= 11 is 0. The quantitative estimate of drug-likeness (QED) is 0.0347. The van der Waals surface area contributed by atoms with Crippen molar-refractivity contribution in [2.24, 2.45) is 0 Å². The minimum absolute atomic E-state index is 0.0358. The fraction of sp³-hybridized carbons (Fsp3) is 0.649. The van der Waals surface area contributed by atoms with Gasteiger partial charge in [-0.1, -0.05) is 214 Å². The van der Waals surface area contributed by atoms with E-state index < -0.39 is 6.10 Å². The highest BCUT2D eigenvalue weighted by Gasteiger charge is 2.17. The van der Waals surface area contributed by atoms with Crippen molar-refractivity contribution < 1.29 is 23.8 Å². The summed E-state index contributed by atoms with van der Waals surface area (Å²) in [7, 11) is 0. The maximum absolute atomic E-state index is 12.7. The van der Waals surface area contributed by atoms with Gasteiger partial charge >= 0.3 is 11.9 Å². The third-order valence-corrected chi connectivity index (χ3v) is 10.3. The number of unbranched alkanes of at least 4 members (excludes halogenated alkanes) is 16. The molecule has 0 saturated heterocycles. The van der Waals surface area contributed by atoms with Crippen molar-refractivity contribution in [3.05, 3.63) is 109 Å². The van der Waals surface area contributed by atoms with E-state index in [9.17, 15) is 9.59 Å². The van der Waals surface area contributed by atoms with Crippen molar-refractivity contribution in [1.29, 1.82) is 0 Å². The Morgan fingerprint density at radius 2 is 0.758 bits per heavy atom. The second-order valence-electron chi connectivity index (χ2n) is 16.3. The number of allylic oxidation sites excluding steroid dienone is 18. The van der Waals surface area contributed by atoms with Gasteiger partial charge in [-0.2, -0.15) is 0 Å². The fourth-order valence-corrected chi connectivity index (χ4v) is 6.54. The molecule has 5 heteroatoms. The van der Waals surface area contributed by atoms with Gasteiger partial charge in [0.2, 0.25) is 0 Å². The Hall–Kier alpha value is -3.44. The highest BCUT2D eigenvalue weighted by atomic mass is 16.6. The molecule has 0 bridgehead atoms. The van der Waals surface area contributed by atoms with Crippen LogP contribution in [0.15, 0.2) is 109 Å². The molecular weight excluding hydrogens is 765 g/mol. The Morgan fingerprint density at radius 3 is 1.26 bits per heavy atom. The number of rotatable bonds is 45. The van der Waals surface area contributed by atoms with Crippen LogP contribution in [0.2, 0.25) is 0 Å². The lowest BCUT2D eigenvalue weighted by Gasteiger charge is -2.18. The van der Waals surface area contributed by atoms with E-state index in [0.29, 0.717) is 25.9 Å². The van der Waals surface area contributed by atoms with Crippen LogP contribution in [-0.2, 0) is 23.8 Å². The van der Waals surface area contributed by atoms with E-state index in [1.807, 2.05) is 6.08 Å². The highest BCUT2D eigenvalue weighted by molar-refractivity contribution is 5.70. The Bertz CT molecular complexity index is 1250. The predicted octanol–water partition coefficient (Wildman–Crippen LogP) is 17.2. The minimum Gasteiger partial charge on any atom is -0.462 e. The van der Waals surface area contributed by atoms with Gasteiger partial charge in [0.25, 0.3) is 0 Å². The van der Waals surface area contributed by atoms with Crippen LogP contribution in [0.25, 0.3) is 0 Å². The first-order valence-corrected chi connectivity index (χ1v) is 25.4. The zero-order chi connectivity index (χ0) is 44.9. The standard InChI is InChI=1S/C57H94O5/c1-4-7-10-13-16-18-20-22-24-26-28-30-32-34-36-38-40-43-46-49-52-60-53-55(62-57(59)51-48-45-41-15-12-9-6-3)54-61-56(58)50-47-44-42-39-37-35-33-31-29-27-25-23-21-19-17-14-11-8-5-2/h8,11,16-19,22-25,28-31,35,37,42,44,55H,4-7,9-10,12-15,20-21,26-27,32-34,36,38-41,43,45-54H2,1-3H3/b11-8-,18-16-,19-17-,24-22-,25-23-,30-28-,31-29-,37-35-,44-42-. The number of esters is 2. The van der Waals surface area contributed by atoms with Gasteiger partial charge < -0.3 is 14.2 Å². The lowest BCUT2D eigenvalue weighted by molar-refractivity contribution is -0.162. The molecule has 0 rings (SSSR count). The molecule has 5 nitrogen and oxygen atoms in total. The average molecular weight is 859 g/mol. The molecule has 1 unspecified atom stereocenters. The molecule has 0 amide bonds. The molecule has 0 aromatic carbocycles. The van der Waals surface area contributed by atoms with Gasteiger partial charge in [0, 0.05) is 19.4 Å². The molecule has 0 saturated carbocycles. The molecule has 0 heterocycles. The predicted molar refractivity (Wildman–Crippen MR) is 269 cm³/mol. The molecule has 352 valence electrons. The van der Waals surface area contributed by atoms with E-state index in [1.165, 1.54) is 89.9 Å². The van der Waals surface area contributed by atoms with E-state index >= 15 is 0 Å². The van der Waals surface area contributed by atoms with Crippen LogP contribution in [0.5, 0.6) is 0 Å². The maximum Gasteiger partial charge on any atom is 0.306 e. The molecule has 62 heavy (non-hydrogen) atoms. The first-order chi connectivity index (χ1) is 30.6. The molecule has 0 aliphatic heterocycles. The van der Waals surface area contributed by atoms with Crippen molar-refractivity contribution in [2.75, 3.05) is 19.8 Å². The summed E-state index contributed by atoms with van der Waals surface area (Å²) in [6.45, 7) is 7.54. The number of carbonyl (C=O) groups is 2. The first kappa shape index (κ1) is 58.6. The summed E-state index contributed by atoms with van der Waals surface area (Å²) < 4.78 is 17.2. The van der Waals surface area contributed by atoms with Crippen molar-refractivity contribution in [2.45, 2.75) is 219 Å². The number of carbonyl (C=O) groups excluding carboxylic acids is 2. The van der Waals surface area contributed by atoms with E-state index in [2.05, 4.69) is 124 Å². The largest absolute Gasteiger partial charge is 0.462 e. The van der Waals surface area contributed by atoms with Gasteiger partial charge in [-0.3, -0.25) is 9.59 Å². The van der Waals surface area contributed by atoms with Crippen molar-refractivity contribution in [1.82, 2.24) is 0 Å². The zero-order valence-corrected chi connectivity index (χ0v) is 40.3. The second-order valence-corrected chi connectivity index (χ2v) is 16.3. The Labute approximate surface area is 383 Å². The Balaban J connectivity index is 4.27. The van der Waals surface area contributed by atoms with E-state index in [1.54, 1.807) is 0 Å². The molecule has 0 N–H and O–H groups in total. The van der Waals surface area contributed by atoms with Crippen LogP contribution >= 0.6 is 0 Å². The average Bonchev–Trinajstić information content (AvgIpc) is 3.27. The summed E-state index contributed by atoms with van der Waals surface area (Å²) in [5, 5.41) is 0. The van der Waals surface area contributed by atoms with Gasteiger partial charge in [0.05, 0.1) is 6.61 Å². The second kappa shape index (κ2) is 51.9. The van der Waals surface area contributed by atoms with Crippen LogP contribution in [0.4, 0.5) is 0 Å². The fourth-order valence-electron chi connectivity index (χ4n) is 6.54. The van der Waals surface area contributed by atoms with Gasteiger partial charge in [-0.15, -0.1) is 0 Å². The van der Waals surface area contributed by atoms with Crippen molar-refractivity contribution in [3.63, 3.8) is 0 Å². The molecule has 0 aliphatic rings. The molecule has 0 radical (unpaired) electrons. The van der Waals surface area contributed by atoms with Gasteiger partial charge in [0.1, 0.15) is 6.61 Å². The number of hydrogen-bond acceptors (Lipinski definition) is 5. The summed E-state index contributed by atoms with van der Waals surface area (Å²) in [5.41, 5.74) is 0. The third kappa shape index (κ3) is 49.2. The van der Waals surface area contributed by atoms with Gasteiger partial charge in [0.15, 0.2) is 6.10 Å². The van der Waals surface area contributed by atoms with E-state index in [4.69, 9.17) is 14.2 Å². The lowest BCUT2D eigenvalue weighted by Crippen LogP contribution is -2.30. The lowest BCUT2D eigenvalue weighted by atomic mass is 10.1. The Morgan fingerprint density at radius 1 is 0.371 bits per heavy atom. The smallest absolute Gasteiger partial charge is 0.306 e. The molecular formula is C57H94O5. The van der Waals surface area contributed by atoms with Crippen LogP contribution in [0, 0.1) is 0 Å². The summed E-state index contributed by atoms with van der Waals surface area (Å²) in [5.74, 6) is -0.511. The molecule has 0 aromatic heterocycles. The van der Waals surface area contributed by atoms with Crippen molar-refractivity contribution in [3.8, 4) is 0 Å².